The van der Waals surface area contributed by atoms with E-state index in [1.54, 1.807) is 0 Å². The van der Waals surface area contributed by atoms with Crippen LogP contribution in [0, 0.1) is 0 Å². The topological polar surface area (TPSA) is 24.7 Å². The molecule has 0 bridgehead atoms. The molecule has 2 heteroatoms. The Kier molecular flexibility index (Phi) is 5.11. The lowest BCUT2D eigenvalue weighted by molar-refractivity contribution is 0.816. The Morgan fingerprint density at radius 3 is 2.24 bits per heavy atom. The van der Waals surface area contributed by atoms with Crippen LogP contribution in [0.1, 0.15) is 64.0 Å². The van der Waals surface area contributed by atoms with Gasteiger partial charge in [-0.1, -0.05) is 52.8 Å². The Hall–Kier alpha value is -1.70. The molecule has 2 rings (SSSR count). The van der Waals surface area contributed by atoms with Crippen LogP contribution < -0.4 is 0 Å². The van der Waals surface area contributed by atoms with Crippen LogP contribution in [0.2, 0.25) is 0 Å². The second kappa shape index (κ2) is 6.84. The van der Waals surface area contributed by atoms with E-state index in [-0.39, 0.29) is 6.04 Å². The molecule has 1 aromatic carbocycles. The minimum Gasteiger partial charge on any atom is -0.283 e. The predicted octanol–water partition coefficient (Wildman–Crippen LogP) is 5.43. The fraction of sp³-hybridized carbons (Fsp3) is 0.474. The van der Waals surface area contributed by atoms with Crippen molar-refractivity contribution in [1.29, 1.82) is 0 Å². The highest BCUT2D eigenvalue weighted by molar-refractivity contribution is 6.06. The van der Waals surface area contributed by atoms with Crippen molar-refractivity contribution in [3.8, 4) is 0 Å². The lowest BCUT2D eigenvalue weighted by Gasteiger charge is -2.19. The van der Waals surface area contributed by atoms with Crippen LogP contribution in [-0.4, -0.2) is 18.0 Å². The average Bonchev–Trinajstić information content (AvgIpc) is 2.47. The first-order valence-electron chi connectivity index (χ1n) is 7.95. The van der Waals surface area contributed by atoms with Gasteiger partial charge in [-0.25, -0.2) is 0 Å². The van der Waals surface area contributed by atoms with Gasteiger partial charge in [0, 0.05) is 6.21 Å². The first kappa shape index (κ1) is 15.7. The van der Waals surface area contributed by atoms with E-state index in [0.29, 0.717) is 11.8 Å². The summed E-state index contributed by atoms with van der Waals surface area (Å²) in [5.74, 6) is 0.943. The van der Waals surface area contributed by atoms with E-state index in [1.165, 1.54) is 11.1 Å². The zero-order chi connectivity index (χ0) is 15.4. The van der Waals surface area contributed by atoms with E-state index in [0.717, 1.165) is 17.8 Å². The highest BCUT2D eigenvalue weighted by Gasteiger charge is 2.17. The van der Waals surface area contributed by atoms with E-state index < -0.39 is 0 Å². The second-order valence-electron chi connectivity index (χ2n) is 6.21. The molecule has 0 aromatic heterocycles. The molecule has 1 aliphatic rings. The molecule has 21 heavy (non-hydrogen) atoms. The molecule has 0 spiro atoms. The minimum atomic E-state index is 0.190. The fourth-order valence-corrected chi connectivity index (χ4v) is 2.68. The number of hydrogen-bond acceptors (Lipinski definition) is 2. The monoisotopic (exact) mass is 282 g/mol. The Morgan fingerprint density at radius 1 is 1.10 bits per heavy atom. The minimum absolute atomic E-state index is 0.190. The molecule has 0 saturated carbocycles. The molecular formula is C19H26N2. The maximum atomic E-state index is 5.03. The van der Waals surface area contributed by atoms with E-state index in [4.69, 9.17) is 4.99 Å². The van der Waals surface area contributed by atoms with Crippen molar-refractivity contribution >= 4 is 17.6 Å². The van der Waals surface area contributed by atoms with Gasteiger partial charge in [-0.2, -0.15) is 0 Å². The van der Waals surface area contributed by atoms with Gasteiger partial charge in [0.05, 0.1) is 17.4 Å². The SMILES string of the molecule is CCC1N=CC=CC1=Nc1c(C(C)C)cccc1C(C)C. The molecule has 0 saturated heterocycles. The Morgan fingerprint density at radius 2 is 1.71 bits per heavy atom. The highest BCUT2D eigenvalue weighted by Crippen LogP contribution is 2.35. The summed E-state index contributed by atoms with van der Waals surface area (Å²) >= 11 is 0. The van der Waals surface area contributed by atoms with Crippen molar-refractivity contribution in [2.75, 3.05) is 0 Å². The Labute approximate surface area is 128 Å². The van der Waals surface area contributed by atoms with Gasteiger partial charge in [0.1, 0.15) is 0 Å². The number of aliphatic imine (C=N–C) groups is 2. The van der Waals surface area contributed by atoms with Crippen LogP contribution in [-0.2, 0) is 0 Å². The van der Waals surface area contributed by atoms with Crippen molar-refractivity contribution in [2.24, 2.45) is 9.98 Å². The first-order valence-corrected chi connectivity index (χ1v) is 7.95. The van der Waals surface area contributed by atoms with Crippen molar-refractivity contribution < 1.29 is 0 Å². The molecule has 0 aliphatic carbocycles. The van der Waals surface area contributed by atoms with E-state index >= 15 is 0 Å². The number of dihydropyridines is 1. The Balaban J connectivity index is 2.56. The summed E-state index contributed by atoms with van der Waals surface area (Å²) in [4.78, 5) is 9.56. The molecule has 1 aromatic rings. The number of para-hydroxylation sites is 1. The van der Waals surface area contributed by atoms with Gasteiger partial charge in [-0.15, -0.1) is 0 Å². The van der Waals surface area contributed by atoms with Crippen molar-refractivity contribution in [1.82, 2.24) is 0 Å². The molecular weight excluding hydrogens is 256 g/mol. The third-order valence-electron chi connectivity index (χ3n) is 3.93. The summed E-state index contributed by atoms with van der Waals surface area (Å²) in [6.45, 7) is 11.1. The smallest absolute Gasteiger partial charge is 0.0917 e. The van der Waals surface area contributed by atoms with Crippen molar-refractivity contribution in [2.45, 2.75) is 58.9 Å². The predicted molar refractivity (Wildman–Crippen MR) is 93.4 cm³/mol. The lowest BCUT2D eigenvalue weighted by atomic mass is 9.92. The summed E-state index contributed by atoms with van der Waals surface area (Å²) in [5, 5.41) is 0. The first-order chi connectivity index (χ1) is 10.0. The molecule has 1 atom stereocenters. The van der Waals surface area contributed by atoms with Gasteiger partial charge in [-0.05, 0) is 41.5 Å². The number of rotatable bonds is 4. The van der Waals surface area contributed by atoms with Gasteiger partial charge < -0.3 is 0 Å². The van der Waals surface area contributed by atoms with E-state index in [9.17, 15) is 0 Å². The quantitative estimate of drug-likeness (QED) is 0.704. The number of allylic oxidation sites excluding steroid dienone is 1. The summed E-state index contributed by atoms with van der Waals surface area (Å²) < 4.78 is 0. The molecule has 2 nitrogen and oxygen atoms in total. The zero-order valence-electron chi connectivity index (χ0n) is 13.8. The number of nitrogens with zero attached hydrogens (tertiary/aromatic N) is 2. The third-order valence-corrected chi connectivity index (χ3v) is 3.93. The van der Waals surface area contributed by atoms with Crippen LogP contribution in [0.25, 0.3) is 0 Å². The van der Waals surface area contributed by atoms with Crippen LogP contribution in [0.4, 0.5) is 5.69 Å². The average molecular weight is 282 g/mol. The van der Waals surface area contributed by atoms with Crippen LogP contribution in [0.5, 0.6) is 0 Å². The van der Waals surface area contributed by atoms with Crippen LogP contribution >= 0.6 is 0 Å². The van der Waals surface area contributed by atoms with Gasteiger partial charge in [0.15, 0.2) is 0 Å². The normalized spacial score (nSPS) is 20.0. The molecule has 0 radical (unpaired) electrons. The maximum Gasteiger partial charge on any atom is 0.0917 e. The van der Waals surface area contributed by atoms with Crippen LogP contribution in [0.15, 0.2) is 40.3 Å². The van der Waals surface area contributed by atoms with Gasteiger partial charge in [-0.3, -0.25) is 9.98 Å². The van der Waals surface area contributed by atoms with Crippen molar-refractivity contribution in [3.63, 3.8) is 0 Å². The fourth-order valence-electron chi connectivity index (χ4n) is 2.68. The maximum absolute atomic E-state index is 5.03. The Bertz CT molecular complexity index is 551. The van der Waals surface area contributed by atoms with Crippen molar-refractivity contribution in [3.05, 3.63) is 41.5 Å². The van der Waals surface area contributed by atoms with Gasteiger partial charge >= 0.3 is 0 Å². The largest absolute Gasteiger partial charge is 0.283 e. The highest BCUT2D eigenvalue weighted by atomic mass is 14.9. The van der Waals surface area contributed by atoms with E-state index in [2.05, 4.69) is 63.9 Å². The standard InChI is InChI=1S/C19H26N2/c1-6-17-18(11-8-12-20-17)21-19-15(13(2)3)9-7-10-16(19)14(4)5/h7-14,17H,6H2,1-5H3. The van der Waals surface area contributed by atoms with Gasteiger partial charge in [0.25, 0.3) is 0 Å². The molecule has 0 N–H and O–H groups in total. The van der Waals surface area contributed by atoms with E-state index in [1.807, 2.05) is 12.3 Å². The molecule has 1 aliphatic heterocycles. The summed E-state index contributed by atoms with van der Waals surface area (Å²) in [6.07, 6.45) is 6.95. The summed E-state index contributed by atoms with van der Waals surface area (Å²) in [5.41, 5.74) is 4.88. The molecule has 1 heterocycles. The number of hydrogen-bond donors (Lipinski definition) is 0. The third kappa shape index (κ3) is 3.49. The molecule has 112 valence electrons. The van der Waals surface area contributed by atoms with Crippen LogP contribution in [0.3, 0.4) is 0 Å². The molecule has 0 fully saturated rings. The molecule has 1 unspecified atom stereocenters. The lowest BCUT2D eigenvalue weighted by Crippen LogP contribution is -2.18. The summed E-state index contributed by atoms with van der Waals surface area (Å²) in [6, 6.07) is 6.75. The molecule has 0 amide bonds. The summed E-state index contributed by atoms with van der Waals surface area (Å²) in [7, 11) is 0. The number of benzene rings is 1. The zero-order valence-corrected chi connectivity index (χ0v) is 13.8. The van der Waals surface area contributed by atoms with Gasteiger partial charge in [0.2, 0.25) is 0 Å². The second-order valence-corrected chi connectivity index (χ2v) is 6.21.